The van der Waals surface area contributed by atoms with Crippen LogP contribution in [0, 0.1) is 0 Å². The topological polar surface area (TPSA) is 31.0 Å². The third-order valence-corrected chi connectivity index (χ3v) is 6.25. The molecule has 0 N–H and O–H groups in total. The standard InChI is InChI=1S/C29H24N2O/c1-2-3-19-31-26-13-6-5-12-25(26)30-29(31)21-17-15-20(16-18-21)22-10-8-11-24-23-9-4-7-14-27(23)32-28(22)24/h4-18H,2-3,19H2,1H3. The molecule has 0 saturated carbocycles. The Hall–Kier alpha value is -3.85. The van der Waals surface area contributed by atoms with Gasteiger partial charge in [-0.15, -0.1) is 0 Å². The van der Waals surface area contributed by atoms with Crippen molar-refractivity contribution in [3.8, 4) is 22.5 Å². The van der Waals surface area contributed by atoms with E-state index in [0.717, 1.165) is 69.4 Å². The Bertz CT molecular complexity index is 1550. The molecule has 3 nitrogen and oxygen atoms in total. The second-order valence-electron chi connectivity index (χ2n) is 8.29. The first-order chi connectivity index (χ1) is 15.8. The third kappa shape index (κ3) is 3.01. The molecule has 0 atom stereocenters. The van der Waals surface area contributed by atoms with E-state index < -0.39 is 0 Å². The lowest BCUT2D eigenvalue weighted by molar-refractivity contribution is 0.651. The van der Waals surface area contributed by atoms with Crippen molar-refractivity contribution in [2.75, 3.05) is 0 Å². The van der Waals surface area contributed by atoms with Gasteiger partial charge in [-0.3, -0.25) is 0 Å². The molecular weight excluding hydrogens is 392 g/mol. The first kappa shape index (κ1) is 18.9. The predicted octanol–water partition coefficient (Wildman–Crippen LogP) is 8.07. The Morgan fingerprint density at radius 3 is 2.38 bits per heavy atom. The molecule has 0 saturated heterocycles. The maximum Gasteiger partial charge on any atom is 0.143 e. The van der Waals surface area contributed by atoms with Crippen molar-refractivity contribution in [3.63, 3.8) is 0 Å². The van der Waals surface area contributed by atoms with Gasteiger partial charge < -0.3 is 8.98 Å². The fourth-order valence-corrected chi connectivity index (χ4v) is 4.61. The van der Waals surface area contributed by atoms with Gasteiger partial charge in [0.2, 0.25) is 0 Å². The minimum Gasteiger partial charge on any atom is -0.455 e. The highest BCUT2D eigenvalue weighted by Crippen LogP contribution is 2.36. The first-order valence-electron chi connectivity index (χ1n) is 11.3. The van der Waals surface area contributed by atoms with Gasteiger partial charge in [-0.2, -0.15) is 0 Å². The number of furan rings is 1. The summed E-state index contributed by atoms with van der Waals surface area (Å²) in [7, 11) is 0. The van der Waals surface area contributed by atoms with Crippen LogP contribution in [0.3, 0.4) is 0 Å². The van der Waals surface area contributed by atoms with Gasteiger partial charge in [0.25, 0.3) is 0 Å². The Morgan fingerprint density at radius 2 is 1.50 bits per heavy atom. The number of hydrogen-bond donors (Lipinski definition) is 0. The van der Waals surface area contributed by atoms with Crippen molar-refractivity contribution in [1.29, 1.82) is 0 Å². The van der Waals surface area contributed by atoms with Crippen molar-refractivity contribution in [2.45, 2.75) is 26.3 Å². The minimum atomic E-state index is 0.927. The van der Waals surface area contributed by atoms with Gasteiger partial charge in [0.05, 0.1) is 11.0 Å². The molecule has 0 unspecified atom stereocenters. The highest BCUT2D eigenvalue weighted by atomic mass is 16.3. The summed E-state index contributed by atoms with van der Waals surface area (Å²) in [5.74, 6) is 1.04. The van der Waals surface area contributed by atoms with Gasteiger partial charge in [-0.25, -0.2) is 4.98 Å². The number of rotatable bonds is 5. The number of aryl methyl sites for hydroxylation is 1. The molecule has 6 rings (SSSR count). The van der Waals surface area contributed by atoms with Crippen molar-refractivity contribution < 1.29 is 4.42 Å². The number of nitrogens with zero attached hydrogens (tertiary/aromatic N) is 2. The number of hydrogen-bond acceptors (Lipinski definition) is 2. The third-order valence-electron chi connectivity index (χ3n) is 6.25. The van der Waals surface area contributed by atoms with Gasteiger partial charge in [-0.05, 0) is 30.2 Å². The van der Waals surface area contributed by atoms with E-state index in [4.69, 9.17) is 9.40 Å². The quantitative estimate of drug-likeness (QED) is 0.284. The first-order valence-corrected chi connectivity index (χ1v) is 11.3. The van der Waals surface area contributed by atoms with Gasteiger partial charge >= 0.3 is 0 Å². The fraction of sp³-hybridized carbons (Fsp3) is 0.138. The van der Waals surface area contributed by atoms with Crippen LogP contribution in [0.2, 0.25) is 0 Å². The van der Waals surface area contributed by atoms with Crippen LogP contribution in [0.15, 0.2) is 95.4 Å². The van der Waals surface area contributed by atoms with Crippen LogP contribution in [0.5, 0.6) is 0 Å². The second-order valence-corrected chi connectivity index (χ2v) is 8.29. The number of fused-ring (bicyclic) bond motifs is 4. The molecule has 0 amide bonds. The molecular formula is C29H24N2O. The van der Waals surface area contributed by atoms with Crippen molar-refractivity contribution in [3.05, 3.63) is 91.0 Å². The summed E-state index contributed by atoms with van der Waals surface area (Å²) in [5.41, 5.74) is 7.52. The molecule has 0 aliphatic heterocycles. The summed E-state index contributed by atoms with van der Waals surface area (Å²) < 4.78 is 8.59. The van der Waals surface area contributed by atoms with Gasteiger partial charge in [0.15, 0.2) is 0 Å². The molecule has 2 aromatic heterocycles. The van der Waals surface area contributed by atoms with Crippen molar-refractivity contribution in [2.24, 2.45) is 0 Å². The molecule has 0 aliphatic rings. The van der Waals surface area contributed by atoms with Crippen LogP contribution in [0.4, 0.5) is 0 Å². The Kier molecular flexibility index (Phi) is 4.53. The average molecular weight is 417 g/mol. The van der Waals surface area contributed by atoms with Crippen LogP contribution in [0.1, 0.15) is 19.8 Å². The smallest absolute Gasteiger partial charge is 0.143 e. The maximum atomic E-state index is 6.24. The summed E-state index contributed by atoms with van der Waals surface area (Å²) in [6.07, 6.45) is 2.30. The molecule has 0 fully saturated rings. The van der Waals surface area contributed by atoms with Crippen LogP contribution in [-0.4, -0.2) is 9.55 Å². The highest BCUT2D eigenvalue weighted by molar-refractivity contribution is 6.09. The number of aromatic nitrogens is 2. The lowest BCUT2D eigenvalue weighted by Crippen LogP contribution is -2.00. The minimum absolute atomic E-state index is 0.927. The summed E-state index contributed by atoms with van der Waals surface area (Å²) in [6.45, 7) is 3.21. The molecule has 0 aliphatic carbocycles. The molecule has 6 aromatic rings. The summed E-state index contributed by atoms with van der Waals surface area (Å²) in [6, 6.07) is 31.7. The average Bonchev–Trinajstić information content (AvgIpc) is 3.41. The molecule has 156 valence electrons. The molecule has 0 radical (unpaired) electrons. The summed E-state index contributed by atoms with van der Waals surface area (Å²) in [4.78, 5) is 4.96. The zero-order valence-corrected chi connectivity index (χ0v) is 18.1. The number of para-hydroxylation sites is 4. The summed E-state index contributed by atoms with van der Waals surface area (Å²) in [5, 5.41) is 2.31. The number of unbranched alkanes of at least 4 members (excludes halogenated alkanes) is 1. The van der Waals surface area contributed by atoms with E-state index in [1.54, 1.807) is 0 Å². The van der Waals surface area contributed by atoms with E-state index in [1.165, 1.54) is 5.52 Å². The van der Waals surface area contributed by atoms with Crippen molar-refractivity contribution in [1.82, 2.24) is 9.55 Å². The number of benzene rings is 4. The van der Waals surface area contributed by atoms with Crippen LogP contribution in [-0.2, 0) is 6.54 Å². The second kappa shape index (κ2) is 7.69. The zero-order chi connectivity index (χ0) is 21.5. The fourth-order valence-electron chi connectivity index (χ4n) is 4.61. The van der Waals surface area contributed by atoms with Crippen LogP contribution in [0.25, 0.3) is 55.5 Å². The van der Waals surface area contributed by atoms with Crippen LogP contribution >= 0.6 is 0 Å². The van der Waals surface area contributed by atoms with E-state index in [-0.39, 0.29) is 0 Å². The van der Waals surface area contributed by atoms with E-state index in [1.807, 2.05) is 12.1 Å². The highest BCUT2D eigenvalue weighted by Gasteiger charge is 2.14. The van der Waals surface area contributed by atoms with E-state index in [2.05, 4.69) is 90.4 Å². The maximum absolute atomic E-state index is 6.24. The predicted molar refractivity (Wildman–Crippen MR) is 133 cm³/mol. The van der Waals surface area contributed by atoms with E-state index in [0.29, 0.717) is 0 Å². The molecule has 2 heterocycles. The summed E-state index contributed by atoms with van der Waals surface area (Å²) >= 11 is 0. The van der Waals surface area contributed by atoms with Gasteiger partial charge in [-0.1, -0.05) is 86.1 Å². The van der Waals surface area contributed by atoms with Gasteiger partial charge in [0.1, 0.15) is 17.0 Å². The van der Waals surface area contributed by atoms with Crippen molar-refractivity contribution >= 4 is 33.0 Å². The van der Waals surface area contributed by atoms with Crippen LogP contribution < -0.4 is 0 Å². The SMILES string of the molecule is CCCCn1c(-c2ccc(-c3cccc4c3oc3ccccc34)cc2)nc2ccccc21. The lowest BCUT2D eigenvalue weighted by atomic mass is 10.0. The monoisotopic (exact) mass is 416 g/mol. The Labute approximate surface area is 186 Å². The molecule has 4 aromatic carbocycles. The zero-order valence-electron chi connectivity index (χ0n) is 18.1. The molecule has 32 heavy (non-hydrogen) atoms. The lowest BCUT2D eigenvalue weighted by Gasteiger charge is -2.10. The molecule has 3 heteroatoms. The molecule has 0 bridgehead atoms. The Morgan fingerprint density at radius 1 is 0.750 bits per heavy atom. The van der Waals surface area contributed by atoms with E-state index in [9.17, 15) is 0 Å². The normalized spacial score (nSPS) is 11.7. The number of imidazole rings is 1. The Balaban J connectivity index is 1.45. The molecule has 0 spiro atoms. The van der Waals surface area contributed by atoms with E-state index >= 15 is 0 Å². The largest absolute Gasteiger partial charge is 0.455 e. The van der Waals surface area contributed by atoms with Gasteiger partial charge in [0, 0.05) is 28.4 Å².